The van der Waals surface area contributed by atoms with Crippen LogP contribution in [0, 0.1) is 0 Å². The van der Waals surface area contributed by atoms with Crippen molar-refractivity contribution in [3.05, 3.63) is 29.2 Å². The van der Waals surface area contributed by atoms with Gasteiger partial charge in [-0.25, -0.2) is 4.98 Å². The standard InChI is InChI=1S/C17H24N6OS/c1-22(2)11-14-21-15(16(18)25-14)17(24)20-12-10-19-7-6-13(12)23-8-4-3-5-9-23/h6-7,10H,3-5,8-9,11,18H2,1-2H3,(H,20,24). The third kappa shape index (κ3) is 4.26. The number of aromatic nitrogens is 2. The molecule has 0 radical (unpaired) electrons. The summed E-state index contributed by atoms with van der Waals surface area (Å²) in [6, 6.07) is 1.95. The lowest BCUT2D eigenvalue weighted by molar-refractivity contribution is 0.102. The van der Waals surface area contributed by atoms with Crippen LogP contribution in [0.1, 0.15) is 34.8 Å². The first kappa shape index (κ1) is 17.6. The van der Waals surface area contributed by atoms with Crippen LogP contribution >= 0.6 is 11.3 Å². The van der Waals surface area contributed by atoms with Crippen LogP contribution in [-0.2, 0) is 6.54 Å². The molecule has 1 amide bonds. The predicted octanol–water partition coefficient (Wildman–Crippen LogP) is 2.42. The van der Waals surface area contributed by atoms with Crippen molar-refractivity contribution in [1.82, 2.24) is 14.9 Å². The maximum atomic E-state index is 12.7. The summed E-state index contributed by atoms with van der Waals surface area (Å²) in [6.45, 7) is 2.66. The zero-order valence-electron chi connectivity index (χ0n) is 14.7. The first-order valence-electron chi connectivity index (χ1n) is 8.45. The Morgan fingerprint density at radius 3 is 2.84 bits per heavy atom. The lowest BCUT2D eigenvalue weighted by Crippen LogP contribution is -2.30. The number of anilines is 3. The molecule has 2 aromatic heterocycles. The van der Waals surface area contributed by atoms with Crippen LogP contribution in [0.25, 0.3) is 0 Å². The van der Waals surface area contributed by atoms with Gasteiger partial charge in [0.05, 0.1) is 17.6 Å². The van der Waals surface area contributed by atoms with Gasteiger partial charge in [-0.3, -0.25) is 9.78 Å². The van der Waals surface area contributed by atoms with Crippen LogP contribution in [0.2, 0.25) is 0 Å². The van der Waals surface area contributed by atoms with E-state index in [1.165, 1.54) is 30.6 Å². The number of nitrogen functional groups attached to an aromatic ring is 1. The second-order valence-corrected chi connectivity index (χ2v) is 7.57. The van der Waals surface area contributed by atoms with E-state index in [2.05, 4.69) is 20.2 Å². The molecule has 1 saturated heterocycles. The Labute approximate surface area is 151 Å². The van der Waals surface area contributed by atoms with Crippen molar-refractivity contribution < 1.29 is 4.79 Å². The summed E-state index contributed by atoms with van der Waals surface area (Å²) >= 11 is 1.35. The summed E-state index contributed by atoms with van der Waals surface area (Å²) in [5.74, 6) is -0.287. The number of nitrogens with one attached hydrogen (secondary N) is 1. The Hall–Kier alpha value is -2.19. The molecule has 3 heterocycles. The van der Waals surface area contributed by atoms with Crippen LogP contribution < -0.4 is 16.0 Å². The lowest BCUT2D eigenvalue weighted by Gasteiger charge is -2.30. The molecule has 1 aliphatic heterocycles. The average Bonchev–Trinajstić information content (AvgIpc) is 2.96. The van der Waals surface area contributed by atoms with E-state index in [-0.39, 0.29) is 11.6 Å². The Morgan fingerprint density at radius 1 is 1.36 bits per heavy atom. The molecule has 8 heteroatoms. The highest BCUT2D eigenvalue weighted by atomic mass is 32.1. The summed E-state index contributed by atoms with van der Waals surface area (Å²) in [6.07, 6.45) is 7.04. The molecular formula is C17H24N6OS. The van der Waals surface area contributed by atoms with Crippen molar-refractivity contribution >= 4 is 33.6 Å². The number of nitrogens with two attached hydrogens (primary N) is 1. The van der Waals surface area contributed by atoms with Gasteiger partial charge in [0.2, 0.25) is 0 Å². The fraction of sp³-hybridized carbons (Fsp3) is 0.471. The number of amides is 1. The maximum Gasteiger partial charge on any atom is 0.277 e. The number of hydrogen-bond acceptors (Lipinski definition) is 7. The van der Waals surface area contributed by atoms with E-state index in [1.54, 1.807) is 12.4 Å². The van der Waals surface area contributed by atoms with E-state index < -0.39 is 0 Å². The minimum absolute atomic E-state index is 0.287. The molecule has 134 valence electrons. The van der Waals surface area contributed by atoms with E-state index in [0.29, 0.717) is 17.2 Å². The maximum absolute atomic E-state index is 12.7. The zero-order chi connectivity index (χ0) is 17.8. The molecule has 3 N–H and O–H groups in total. The number of nitrogens with zero attached hydrogens (tertiary/aromatic N) is 4. The largest absolute Gasteiger partial charge is 0.389 e. The van der Waals surface area contributed by atoms with Crippen LogP contribution in [0.15, 0.2) is 18.5 Å². The summed E-state index contributed by atoms with van der Waals surface area (Å²) in [7, 11) is 3.91. The van der Waals surface area contributed by atoms with Crippen LogP contribution in [0.5, 0.6) is 0 Å². The van der Waals surface area contributed by atoms with Gasteiger partial charge in [-0.05, 0) is 39.4 Å². The minimum Gasteiger partial charge on any atom is -0.389 e. The molecule has 0 aliphatic carbocycles. The molecule has 0 unspecified atom stereocenters. The van der Waals surface area contributed by atoms with E-state index in [1.807, 2.05) is 25.1 Å². The Balaban J connectivity index is 1.78. The van der Waals surface area contributed by atoms with Gasteiger partial charge in [-0.2, -0.15) is 0 Å². The lowest BCUT2D eigenvalue weighted by atomic mass is 10.1. The third-order valence-corrected chi connectivity index (χ3v) is 4.98. The zero-order valence-corrected chi connectivity index (χ0v) is 15.5. The van der Waals surface area contributed by atoms with Crippen molar-refractivity contribution in [3.63, 3.8) is 0 Å². The van der Waals surface area contributed by atoms with E-state index >= 15 is 0 Å². The van der Waals surface area contributed by atoms with Gasteiger partial charge in [0.25, 0.3) is 5.91 Å². The highest BCUT2D eigenvalue weighted by molar-refractivity contribution is 7.15. The SMILES string of the molecule is CN(C)Cc1nc(C(=O)Nc2cnccc2N2CCCCC2)c(N)s1. The smallest absolute Gasteiger partial charge is 0.277 e. The quantitative estimate of drug-likeness (QED) is 0.851. The molecule has 1 fully saturated rings. The van der Waals surface area contributed by atoms with Crippen molar-refractivity contribution in [3.8, 4) is 0 Å². The number of piperidine rings is 1. The van der Waals surface area contributed by atoms with E-state index in [9.17, 15) is 4.79 Å². The van der Waals surface area contributed by atoms with Gasteiger partial charge < -0.3 is 20.9 Å². The van der Waals surface area contributed by atoms with Crippen molar-refractivity contribution in [2.45, 2.75) is 25.8 Å². The van der Waals surface area contributed by atoms with Gasteiger partial charge in [-0.15, -0.1) is 0 Å². The third-order valence-electron chi connectivity index (χ3n) is 4.11. The van der Waals surface area contributed by atoms with Gasteiger partial charge in [0.1, 0.15) is 10.0 Å². The van der Waals surface area contributed by atoms with Crippen molar-refractivity contribution in [2.75, 3.05) is 43.1 Å². The molecule has 0 saturated carbocycles. The summed E-state index contributed by atoms with van der Waals surface area (Å²) in [5.41, 5.74) is 8.00. The van der Waals surface area contributed by atoms with Crippen molar-refractivity contribution in [1.29, 1.82) is 0 Å². The minimum atomic E-state index is -0.287. The predicted molar refractivity (Wildman–Crippen MR) is 102 cm³/mol. The fourth-order valence-corrected chi connectivity index (χ4v) is 3.90. The van der Waals surface area contributed by atoms with Crippen LogP contribution in [0.4, 0.5) is 16.4 Å². The Kier molecular flexibility index (Phi) is 5.50. The van der Waals surface area contributed by atoms with Crippen molar-refractivity contribution in [2.24, 2.45) is 0 Å². The van der Waals surface area contributed by atoms with E-state index in [0.717, 1.165) is 23.8 Å². The Bertz CT molecular complexity index is 738. The molecular weight excluding hydrogens is 336 g/mol. The molecule has 3 rings (SSSR count). The number of carbonyl (C=O) groups is 1. The Morgan fingerprint density at radius 2 is 2.12 bits per heavy atom. The van der Waals surface area contributed by atoms with Crippen LogP contribution in [0.3, 0.4) is 0 Å². The molecule has 7 nitrogen and oxygen atoms in total. The average molecular weight is 360 g/mol. The first-order chi connectivity index (χ1) is 12.0. The summed E-state index contributed by atoms with van der Waals surface area (Å²) in [4.78, 5) is 25.5. The molecule has 25 heavy (non-hydrogen) atoms. The highest BCUT2D eigenvalue weighted by Gasteiger charge is 2.20. The molecule has 0 aromatic carbocycles. The first-order valence-corrected chi connectivity index (χ1v) is 9.26. The molecule has 1 aliphatic rings. The molecule has 0 bridgehead atoms. The number of pyridine rings is 1. The second kappa shape index (κ2) is 7.79. The molecule has 2 aromatic rings. The topological polar surface area (TPSA) is 87.4 Å². The molecule has 0 spiro atoms. The number of carbonyl (C=O) groups excluding carboxylic acids is 1. The summed E-state index contributed by atoms with van der Waals surface area (Å²) < 4.78 is 0. The van der Waals surface area contributed by atoms with Gasteiger partial charge >= 0.3 is 0 Å². The summed E-state index contributed by atoms with van der Waals surface area (Å²) in [5, 5.41) is 4.21. The van der Waals surface area contributed by atoms with Gasteiger partial charge in [0.15, 0.2) is 5.69 Å². The fourth-order valence-electron chi connectivity index (χ4n) is 2.95. The number of rotatable bonds is 5. The number of thiazole rings is 1. The molecule has 0 atom stereocenters. The van der Waals surface area contributed by atoms with E-state index in [4.69, 9.17) is 5.73 Å². The van der Waals surface area contributed by atoms with Gasteiger partial charge in [0, 0.05) is 25.8 Å². The van der Waals surface area contributed by atoms with Crippen LogP contribution in [-0.4, -0.2) is 48.0 Å². The highest BCUT2D eigenvalue weighted by Crippen LogP contribution is 2.29. The monoisotopic (exact) mass is 360 g/mol. The number of hydrogen-bond donors (Lipinski definition) is 2. The second-order valence-electron chi connectivity index (χ2n) is 6.45. The van der Waals surface area contributed by atoms with Gasteiger partial charge in [-0.1, -0.05) is 11.3 Å². The normalized spacial score (nSPS) is 14.8.